The molecule has 3 aliphatic heterocycles. The SMILES string of the molecule is C=CCN(CCC)C(=O)[C@@H]1[C@H]2C(=O)N(CCCCCCO)C(C(=O)N(CC=C)c3c(C)cccc3Cl)C23CC[C@@]1(C)S3. The van der Waals surface area contributed by atoms with Gasteiger partial charge in [0.25, 0.3) is 5.91 Å². The molecule has 3 heterocycles. The van der Waals surface area contributed by atoms with Crippen LogP contribution in [0.25, 0.3) is 0 Å². The molecule has 1 aromatic carbocycles. The number of thioether (sulfide) groups is 1. The molecule has 0 saturated carbocycles. The maximum atomic E-state index is 14.8. The first kappa shape index (κ1) is 32.6. The summed E-state index contributed by atoms with van der Waals surface area (Å²) < 4.78 is -1.13. The maximum absolute atomic E-state index is 14.8. The topological polar surface area (TPSA) is 81.2 Å². The Kier molecular flexibility index (Phi) is 10.5. The van der Waals surface area contributed by atoms with E-state index in [1.807, 2.05) is 30.9 Å². The minimum atomic E-state index is -0.716. The zero-order chi connectivity index (χ0) is 30.7. The number of amides is 3. The van der Waals surface area contributed by atoms with Crippen LogP contribution in [0, 0.1) is 18.8 Å². The summed E-state index contributed by atoms with van der Waals surface area (Å²) in [6, 6.07) is 4.85. The molecule has 3 fully saturated rings. The number of likely N-dealkylation sites (tertiary alicyclic amines) is 1. The number of halogens is 1. The van der Waals surface area contributed by atoms with Crippen LogP contribution in [0.2, 0.25) is 5.02 Å². The summed E-state index contributed by atoms with van der Waals surface area (Å²) in [5.74, 6) is -1.33. The molecule has 42 heavy (non-hydrogen) atoms. The van der Waals surface area contributed by atoms with Gasteiger partial charge in [-0.1, -0.05) is 55.7 Å². The zero-order valence-corrected chi connectivity index (χ0v) is 26.9. The molecule has 1 spiro atoms. The van der Waals surface area contributed by atoms with Crippen molar-refractivity contribution in [1.29, 1.82) is 0 Å². The number of hydrogen-bond donors (Lipinski definition) is 1. The smallest absolute Gasteiger partial charge is 0.251 e. The number of fused-ring (bicyclic) bond motifs is 1. The van der Waals surface area contributed by atoms with Gasteiger partial charge in [-0.3, -0.25) is 14.4 Å². The molecule has 5 atom stereocenters. The lowest BCUT2D eigenvalue weighted by Gasteiger charge is -2.38. The van der Waals surface area contributed by atoms with E-state index in [1.165, 1.54) is 0 Å². The van der Waals surface area contributed by atoms with Gasteiger partial charge in [0.15, 0.2) is 0 Å². The molecule has 4 rings (SSSR count). The summed E-state index contributed by atoms with van der Waals surface area (Å²) in [6.45, 7) is 15.7. The minimum absolute atomic E-state index is 0.00688. The summed E-state index contributed by atoms with van der Waals surface area (Å²) >= 11 is 8.38. The molecule has 2 bridgehead atoms. The number of unbranched alkanes of at least 4 members (excludes halogenated alkanes) is 3. The number of aryl methyl sites for hydroxylation is 1. The van der Waals surface area contributed by atoms with Crippen LogP contribution in [-0.4, -0.2) is 80.9 Å². The number of aliphatic hydroxyl groups is 1. The van der Waals surface area contributed by atoms with E-state index in [9.17, 15) is 19.5 Å². The molecule has 3 amide bonds. The summed E-state index contributed by atoms with van der Waals surface area (Å²) in [7, 11) is 0. The van der Waals surface area contributed by atoms with E-state index in [-0.39, 0.29) is 30.9 Å². The summed E-state index contributed by atoms with van der Waals surface area (Å²) in [5, 5.41) is 9.70. The molecule has 0 aliphatic carbocycles. The van der Waals surface area contributed by atoms with Crippen molar-refractivity contribution in [2.45, 2.75) is 81.3 Å². The molecule has 0 radical (unpaired) electrons. The van der Waals surface area contributed by atoms with Crippen LogP contribution < -0.4 is 4.90 Å². The van der Waals surface area contributed by atoms with Crippen molar-refractivity contribution in [3.63, 3.8) is 0 Å². The van der Waals surface area contributed by atoms with E-state index in [4.69, 9.17) is 11.6 Å². The van der Waals surface area contributed by atoms with E-state index >= 15 is 0 Å². The predicted octanol–water partition coefficient (Wildman–Crippen LogP) is 5.63. The molecule has 0 aromatic heterocycles. The summed E-state index contributed by atoms with van der Waals surface area (Å²) in [4.78, 5) is 48.9. The fraction of sp³-hybridized carbons (Fsp3) is 0.606. The predicted molar refractivity (Wildman–Crippen MR) is 172 cm³/mol. The van der Waals surface area contributed by atoms with Gasteiger partial charge < -0.3 is 19.8 Å². The number of rotatable bonds is 15. The Labute approximate surface area is 260 Å². The molecular formula is C33H46ClN3O4S. The van der Waals surface area contributed by atoms with Crippen molar-refractivity contribution in [1.82, 2.24) is 9.80 Å². The van der Waals surface area contributed by atoms with Crippen LogP contribution in [0.15, 0.2) is 43.5 Å². The van der Waals surface area contributed by atoms with Gasteiger partial charge >= 0.3 is 0 Å². The largest absolute Gasteiger partial charge is 0.396 e. The lowest BCUT2D eigenvalue weighted by molar-refractivity contribution is -0.145. The normalized spacial score (nSPS) is 27.7. The Bertz CT molecular complexity index is 1190. The Morgan fingerprint density at radius 1 is 1.14 bits per heavy atom. The van der Waals surface area contributed by atoms with E-state index in [0.717, 1.165) is 37.7 Å². The highest BCUT2D eigenvalue weighted by molar-refractivity contribution is 8.02. The maximum Gasteiger partial charge on any atom is 0.251 e. The van der Waals surface area contributed by atoms with Crippen LogP contribution >= 0.6 is 23.4 Å². The fourth-order valence-electron chi connectivity index (χ4n) is 7.52. The van der Waals surface area contributed by atoms with Crippen LogP contribution in [0.3, 0.4) is 0 Å². The van der Waals surface area contributed by atoms with Crippen LogP contribution in [0.4, 0.5) is 5.69 Å². The highest BCUT2D eigenvalue weighted by Crippen LogP contribution is 2.71. The van der Waals surface area contributed by atoms with Gasteiger partial charge in [0, 0.05) is 37.5 Å². The molecule has 3 saturated heterocycles. The number of para-hydroxylation sites is 1. The van der Waals surface area contributed by atoms with Gasteiger partial charge in [-0.15, -0.1) is 24.9 Å². The first-order chi connectivity index (χ1) is 20.1. The van der Waals surface area contributed by atoms with Gasteiger partial charge in [0.05, 0.1) is 27.3 Å². The second-order valence-electron chi connectivity index (χ2n) is 12.1. The highest BCUT2D eigenvalue weighted by Gasteiger charge is 2.77. The third kappa shape index (κ3) is 5.67. The van der Waals surface area contributed by atoms with Crippen molar-refractivity contribution in [3.8, 4) is 0 Å². The Morgan fingerprint density at radius 3 is 2.50 bits per heavy atom. The van der Waals surface area contributed by atoms with E-state index in [2.05, 4.69) is 20.1 Å². The monoisotopic (exact) mass is 615 g/mol. The van der Waals surface area contributed by atoms with Crippen LogP contribution in [0.1, 0.15) is 64.4 Å². The molecule has 7 nitrogen and oxygen atoms in total. The third-order valence-electron chi connectivity index (χ3n) is 9.27. The molecule has 9 heteroatoms. The molecule has 230 valence electrons. The second kappa shape index (κ2) is 13.6. The molecule has 1 aromatic rings. The van der Waals surface area contributed by atoms with Gasteiger partial charge in [-0.25, -0.2) is 0 Å². The number of anilines is 1. The summed E-state index contributed by atoms with van der Waals surface area (Å²) in [6.07, 6.45) is 8.86. The molecule has 3 aliphatic rings. The van der Waals surface area contributed by atoms with Gasteiger partial charge in [-0.05, 0) is 57.6 Å². The molecule has 1 N–H and O–H groups in total. The zero-order valence-electron chi connectivity index (χ0n) is 25.3. The van der Waals surface area contributed by atoms with E-state index in [0.29, 0.717) is 43.2 Å². The number of carbonyl (C=O) groups is 3. The average Bonchev–Trinajstić information content (AvgIpc) is 3.52. The van der Waals surface area contributed by atoms with Crippen molar-refractivity contribution < 1.29 is 19.5 Å². The molecule has 2 unspecified atom stereocenters. The van der Waals surface area contributed by atoms with Crippen molar-refractivity contribution in [3.05, 3.63) is 54.1 Å². The Balaban J connectivity index is 1.78. The third-order valence-corrected chi connectivity index (χ3v) is 11.6. The van der Waals surface area contributed by atoms with Gasteiger partial charge in [0.1, 0.15) is 6.04 Å². The molecular weight excluding hydrogens is 570 g/mol. The van der Waals surface area contributed by atoms with Crippen molar-refractivity contribution in [2.24, 2.45) is 11.8 Å². The van der Waals surface area contributed by atoms with Gasteiger partial charge in [-0.2, -0.15) is 0 Å². The number of aliphatic hydroxyl groups excluding tert-OH is 1. The number of carbonyl (C=O) groups excluding carboxylic acids is 3. The van der Waals surface area contributed by atoms with Crippen LogP contribution in [-0.2, 0) is 14.4 Å². The van der Waals surface area contributed by atoms with Crippen molar-refractivity contribution in [2.75, 3.05) is 37.7 Å². The Morgan fingerprint density at radius 2 is 1.86 bits per heavy atom. The highest BCUT2D eigenvalue weighted by atomic mass is 35.5. The summed E-state index contributed by atoms with van der Waals surface area (Å²) in [5.41, 5.74) is 1.50. The van der Waals surface area contributed by atoms with E-state index < -0.39 is 27.4 Å². The van der Waals surface area contributed by atoms with E-state index in [1.54, 1.807) is 39.8 Å². The lowest BCUT2D eigenvalue weighted by Crippen LogP contribution is -2.55. The fourth-order valence-corrected chi connectivity index (χ4v) is 10.2. The first-order valence-corrected chi connectivity index (χ1v) is 16.5. The average molecular weight is 616 g/mol. The van der Waals surface area contributed by atoms with Gasteiger partial charge in [0.2, 0.25) is 11.8 Å². The Hall–Kier alpha value is -2.29. The number of hydrogen-bond acceptors (Lipinski definition) is 5. The first-order valence-electron chi connectivity index (χ1n) is 15.3. The quantitative estimate of drug-likeness (QED) is 0.204. The number of nitrogens with zero attached hydrogens (tertiary/aromatic N) is 3. The second-order valence-corrected chi connectivity index (χ2v) is 14.4. The van der Waals surface area contributed by atoms with Crippen LogP contribution in [0.5, 0.6) is 0 Å². The lowest BCUT2D eigenvalue weighted by atomic mass is 9.66. The standard InChI is InChI=1S/C33H46ClN3O4S/c1-6-18-35(19-7-2)29(39)25-26-30(40)37(21-11-9-10-12-22-38)28(33(26)17-16-32(25,5)42-33)31(41)36(20-8-3)27-23(4)14-13-15-24(27)34/h6,8,13-15,25-26,28,38H,1,3,7,9-12,16-22H2,2,4-5H3/t25-,26-,28?,32+,33?/m0/s1. The van der Waals surface area contributed by atoms with Crippen molar-refractivity contribution >= 4 is 46.8 Å². The number of benzene rings is 1. The minimum Gasteiger partial charge on any atom is -0.396 e.